The molecule has 0 unspecified atom stereocenters. The summed E-state index contributed by atoms with van der Waals surface area (Å²) in [5.41, 5.74) is -0.332. The number of hydrogen-bond donors (Lipinski definition) is 0. The van der Waals surface area contributed by atoms with E-state index < -0.39 is 11.9 Å². The Morgan fingerprint density at radius 3 is 2.26 bits per heavy atom. The first-order chi connectivity index (χ1) is 12.9. The number of alkyl halides is 3. The smallest absolute Gasteiger partial charge is 0.353 e. The van der Waals surface area contributed by atoms with Crippen molar-refractivity contribution in [1.82, 2.24) is 19.9 Å². The summed E-state index contributed by atoms with van der Waals surface area (Å²) in [5.74, 6) is 0.464. The molecule has 0 spiro atoms. The largest absolute Gasteiger partial charge is 0.433 e. The molecule has 0 aliphatic carbocycles. The van der Waals surface area contributed by atoms with Gasteiger partial charge in [0.15, 0.2) is 0 Å². The van der Waals surface area contributed by atoms with E-state index in [1.165, 1.54) is 18.5 Å². The molecule has 6 nitrogen and oxygen atoms in total. The summed E-state index contributed by atoms with van der Waals surface area (Å²) in [6.45, 7) is 1.92. The molecule has 1 aliphatic heterocycles. The molecule has 0 N–H and O–H groups in total. The van der Waals surface area contributed by atoms with Crippen molar-refractivity contribution >= 4 is 22.5 Å². The fourth-order valence-corrected chi connectivity index (χ4v) is 3.09. The fraction of sp³-hybridized carbons (Fsp3) is 0.294. The molecule has 140 valence electrons. The highest BCUT2D eigenvalue weighted by atomic mass is 19.4. The molecule has 3 aromatic rings. The standard InChI is InChI=1S/C17H14F4N6/c18-11-1-2-13-12(7-11)16(25-9-22-13)27-5-3-26(4-6-27)15-8-14(17(19,20)21)23-10-24-15/h1-2,7-10H,3-6H2. The number of aromatic nitrogens is 4. The van der Waals surface area contributed by atoms with Gasteiger partial charge in [-0.1, -0.05) is 0 Å². The number of fused-ring (bicyclic) bond motifs is 1. The van der Waals surface area contributed by atoms with Crippen molar-refractivity contribution in [3.8, 4) is 0 Å². The third kappa shape index (κ3) is 3.46. The molecule has 1 aromatic carbocycles. The van der Waals surface area contributed by atoms with Gasteiger partial charge in [-0.3, -0.25) is 0 Å². The topological polar surface area (TPSA) is 58.0 Å². The molecule has 1 aliphatic rings. The molecular weight excluding hydrogens is 364 g/mol. The van der Waals surface area contributed by atoms with Gasteiger partial charge in [0.2, 0.25) is 0 Å². The molecule has 0 atom stereocenters. The van der Waals surface area contributed by atoms with Crippen LogP contribution in [-0.2, 0) is 6.18 Å². The van der Waals surface area contributed by atoms with Gasteiger partial charge >= 0.3 is 6.18 Å². The number of anilines is 2. The highest BCUT2D eigenvalue weighted by Crippen LogP contribution is 2.30. The van der Waals surface area contributed by atoms with Crippen molar-refractivity contribution in [2.45, 2.75) is 6.18 Å². The number of piperazine rings is 1. The van der Waals surface area contributed by atoms with E-state index in [0.29, 0.717) is 42.9 Å². The first kappa shape index (κ1) is 17.4. The van der Waals surface area contributed by atoms with Crippen LogP contribution in [0.15, 0.2) is 36.9 Å². The molecule has 0 radical (unpaired) electrons. The average Bonchev–Trinajstić information content (AvgIpc) is 2.67. The van der Waals surface area contributed by atoms with E-state index in [2.05, 4.69) is 19.9 Å². The third-order valence-corrected chi connectivity index (χ3v) is 4.42. The van der Waals surface area contributed by atoms with E-state index in [-0.39, 0.29) is 11.6 Å². The first-order valence-electron chi connectivity index (χ1n) is 8.21. The normalized spacial score (nSPS) is 15.4. The maximum atomic E-state index is 13.6. The van der Waals surface area contributed by atoms with Gasteiger partial charge in [0.25, 0.3) is 0 Å². The van der Waals surface area contributed by atoms with Gasteiger partial charge in [0.1, 0.15) is 35.8 Å². The predicted molar refractivity (Wildman–Crippen MR) is 91.0 cm³/mol. The number of nitrogens with zero attached hydrogens (tertiary/aromatic N) is 6. The second kappa shape index (κ2) is 6.60. The van der Waals surface area contributed by atoms with Gasteiger partial charge in [-0.25, -0.2) is 24.3 Å². The van der Waals surface area contributed by atoms with Crippen molar-refractivity contribution in [2.75, 3.05) is 36.0 Å². The minimum absolute atomic E-state index is 0.232. The van der Waals surface area contributed by atoms with Gasteiger partial charge in [-0.15, -0.1) is 0 Å². The Bertz CT molecular complexity index is 969. The average molecular weight is 378 g/mol. The Kier molecular flexibility index (Phi) is 4.25. The van der Waals surface area contributed by atoms with E-state index in [0.717, 1.165) is 12.4 Å². The number of benzene rings is 1. The second-order valence-corrected chi connectivity index (χ2v) is 6.09. The maximum absolute atomic E-state index is 13.6. The molecule has 1 saturated heterocycles. The summed E-state index contributed by atoms with van der Waals surface area (Å²) >= 11 is 0. The van der Waals surface area contributed by atoms with Crippen LogP contribution in [0.2, 0.25) is 0 Å². The minimum atomic E-state index is -4.51. The lowest BCUT2D eigenvalue weighted by Crippen LogP contribution is -2.47. The van der Waals surface area contributed by atoms with Crippen LogP contribution in [0.25, 0.3) is 10.9 Å². The number of halogens is 4. The summed E-state index contributed by atoms with van der Waals surface area (Å²) in [5, 5.41) is 0.604. The summed E-state index contributed by atoms with van der Waals surface area (Å²) in [7, 11) is 0. The van der Waals surface area contributed by atoms with E-state index in [9.17, 15) is 17.6 Å². The Labute approximate surface area is 151 Å². The summed E-state index contributed by atoms with van der Waals surface area (Å²) in [6, 6.07) is 5.26. The highest BCUT2D eigenvalue weighted by Gasteiger charge is 2.33. The molecule has 4 rings (SSSR count). The summed E-state index contributed by atoms with van der Waals surface area (Å²) < 4.78 is 52.1. The van der Waals surface area contributed by atoms with Gasteiger partial charge < -0.3 is 9.80 Å². The van der Waals surface area contributed by atoms with Gasteiger partial charge in [-0.05, 0) is 18.2 Å². The molecule has 0 bridgehead atoms. The van der Waals surface area contributed by atoms with Crippen LogP contribution in [-0.4, -0.2) is 46.1 Å². The van der Waals surface area contributed by atoms with Crippen LogP contribution < -0.4 is 9.80 Å². The summed E-state index contributed by atoms with van der Waals surface area (Å²) in [4.78, 5) is 19.4. The molecular formula is C17H14F4N6. The van der Waals surface area contributed by atoms with Crippen LogP contribution >= 0.6 is 0 Å². The number of rotatable bonds is 2. The van der Waals surface area contributed by atoms with E-state index in [1.807, 2.05) is 4.90 Å². The lowest BCUT2D eigenvalue weighted by atomic mass is 10.2. The quantitative estimate of drug-likeness (QED) is 0.639. The second-order valence-electron chi connectivity index (χ2n) is 6.09. The first-order valence-corrected chi connectivity index (χ1v) is 8.21. The van der Waals surface area contributed by atoms with Crippen molar-refractivity contribution in [3.63, 3.8) is 0 Å². The Morgan fingerprint density at radius 1 is 0.815 bits per heavy atom. The van der Waals surface area contributed by atoms with E-state index >= 15 is 0 Å². The van der Waals surface area contributed by atoms with E-state index in [1.54, 1.807) is 11.0 Å². The Balaban J connectivity index is 1.54. The highest BCUT2D eigenvalue weighted by molar-refractivity contribution is 5.89. The molecule has 1 fully saturated rings. The summed E-state index contributed by atoms with van der Waals surface area (Å²) in [6.07, 6.45) is -2.17. The Morgan fingerprint density at radius 2 is 1.52 bits per heavy atom. The molecule has 2 aromatic heterocycles. The van der Waals surface area contributed by atoms with Crippen LogP contribution in [0.3, 0.4) is 0 Å². The molecule has 3 heterocycles. The predicted octanol–water partition coefficient (Wildman–Crippen LogP) is 2.90. The lowest BCUT2D eigenvalue weighted by molar-refractivity contribution is -0.141. The van der Waals surface area contributed by atoms with Crippen molar-refractivity contribution in [3.05, 3.63) is 48.4 Å². The zero-order valence-corrected chi connectivity index (χ0v) is 14.0. The van der Waals surface area contributed by atoms with Gasteiger partial charge in [-0.2, -0.15) is 13.2 Å². The molecule has 27 heavy (non-hydrogen) atoms. The van der Waals surface area contributed by atoms with E-state index in [4.69, 9.17) is 0 Å². The molecule has 10 heteroatoms. The Hall–Kier alpha value is -3.04. The molecule has 0 amide bonds. The van der Waals surface area contributed by atoms with Crippen molar-refractivity contribution in [2.24, 2.45) is 0 Å². The fourth-order valence-electron chi connectivity index (χ4n) is 3.09. The maximum Gasteiger partial charge on any atom is 0.433 e. The zero-order valence-electron chi connectivity index (χ0n) is 14.0. The monoisotopic (exact) mass is 378 g/mol. The van der Waals surface area contributed by atoms with Crippen LogP contribution in [0.4, 0.5) is 29.2 Å². The van der Waals surface area contributed by atoms with Gasteiger partial charge in [0.05, 0.1) is 5.52 Å². The SMILES string of the molecule is Fc1ccc2ncnc(N3CCN(c4cc(C(F)(F)F)ncn4)CC3)c2c1. The third-order valence-electron chi connectivity index (χ3n) is 4.42. The van der Waals surface area contributed by atoms with Crippen molar-refractivity contribution < 1.29 is 17.6 Å². The van der Waals surface area contributed by atoms with Crippen molar-refractivity contribution in [1.29, 1.82) is 0 Å². The number of hydrogen-bond acceptors (Lipinski definition) is 6. The minimum Gasteiger partial charge on any atom is -0.353 e. The van der Waals surface area contributed by atoms with Gasteiger partial charge in [0, 0.05) is 37.6 Å². The zero-order chi connectivity index (χ0) is 19.0. The van der Waals surface area contributed by atoms with Crippen LogP contribution in [0, 0.1) is 5.82 Å². The lowest BCUT2D eigenvalue weighted by Gasteiger charge is -2.36. The van der Waals surface area contributed by atoms with Crippen LogP contribution in [0.1, 0.15) is 5.69 Å². The molecule has 0 saturated carbocycles. The van der Waals surface area contributed by atoms with Crippen LogP contribution in [0.5, 0.6) is 0 Å².